The Hall–Kier alpha value is -2.19. The smallest absolute Gasteiger partial charge is 0.296 e. The van der Waals surface area contributed by atoms with Crippen LogP contribution in [0.3, 0.4) is 0 Å². The molecule has 0 spiro atoms. The Morgan fingerprint density at radius 1 is 1.27 bits per heavy atom. The van der Waals surface area contributed by atoms with Crippen LogP contribution >= 0.6 is 0 Å². The van der Waals surface area contributed by atoms with E-state index < -0.39 is 4.92 Å². The molecule has 1 saturated heterocycles. The van der Waals surface area contributed by atoms with Gasteiger partial charge in [0.25, 0.3) is 5.69 Å². The Morgan fingerprint density at radius 2 is 1.96 bits per heavy atom. The van der Waals surface area contributed by atoms with Gasteiger partial charge in [0, 0.05) is 32.2 Å². The largest absolute Gasteiger partial charge is 0.496 e. The molecule has 2 aliphatic rings. The number of nitrogens with one attached hydrogen (secondary N) is 1. The van der Waals surface area contributed by atoms with Gasteiger partial charge in [0.05, 0.1) is 24.6 Å². The van der Waals surface area contributed by atoms with Crippen LogP contribution in [0.1, 0.15) is 25.7 Å². The maximum absolute atomic E-state index is 12.3. The molecule has 26 heavy (non-hydrogen) atoms. The lowest BCUT2D eigenvalue weighted by atomic mass is 10.2. The highest BCUT2D eigenvalue weighted by molar-refractivity contribution is 5.94. The summed E-state index contributed by atoms with van der Waals surface area (Å²) in [5, 5.41) is 13.9. The topological polar surface area (TPSA) is 88.0 Å². The van der Waals surface area contributed by atoms with Gasteiger partial charge in [-0.2, -0.15) is 0 Å². The number of carbonyl (C=O) groups excluding carboxylic acids is 1. The van der Waals surface area contributed by atoms with E-state index in [1.807, 2.05) is 0 Å². The van der Waals surface area contributed by atoms with Crippen LogP contribution in [0.2, 0.25) is 0 Å². The standard InChI is InChI=1S/C18H26N4O4/c1-26-15-6-7-16(17(12-15)22(24)25)19-18(23)13-20-8-10-21(11-9-20)14-4-2-3-5-14/h6-7,12,14H,2-5,8-11,13H2,1H3,(H,19,23). The molecule has 0 aromatic heterocycles. The molecule has 8 heteroatoms. The summed E-state index contributed by atoms with van der Waals surface area (Å²) in [5.41, 5.74) is 0.0362. The van der Waals surface area contributed by atoms with E-state index >= 15 is 0 Å². The van der Waals surface area contributed by atoms with E-state index in [1.54, 1.807) is 6.07 Å². The van der Waals surface area contributed by atoms with Crippen molar-refractivity contribution in [3.05, 3.63) is 28.3 Å². The van der Waals surface area contributed by atoms with Gasteiger partial charge in [-0.25, -0.2) is 0 Å². The SMILES string of the molecule is COc1ccc(NC(=O)CN2CCN(C3CCCC3)CC2)c([N+](=O)[O-])c1. The van der Waals surface area contributed by atoms with Crippen molar-refractivity contribution in [2.24, 2.45) is 0 Å². The second-order valence-corrected chi connectivity index (χ2v) is 6.94. The number of hydrogen-bond acceptors (Lipinski definition) is 6. The minimum absolute atomic E-state index is 0.163. The summed E-state index contributed by atoms with van der Waals surface area (Å²) >= 11 is 0. The number of piperazine rings is 1. The number of ether oxygens (including phenoxy) is 1. The van der Waals surface area contributed by atoms with E-state index in [9.17, 15) is 14.9 Å². The number of methoxy groups -OCH3 is 1. The summed E-state index contributed by atoms with van der Waals surface area (Å²) in [7, 11) is 1.45. The van der Waals surface area contributed by atoms with E-state index in [0.717, 1.165) is 26.2 Å². The molecular weight excluding hydrogens is 336 g/mol. The highest BCUT2D eigenvalue weighted by atomic mass is 16.6. The summed E-state index contributed by atoms with van der Waals surface area (Å²) in [5.74, 6) is 0.158. The monoisotopic (exact) mass is 362 g/mol. The fourth-order valence-corrected chi connectivity index (χ4v) is 3.84. The molecule has 1 aliphatic carbocycles. The summed E-state index contributed by atoms with van der Waals surface area (Å²) in [6.45, 7) is 3.94. The molecule has 2 fully saturated rings. The van der Waals surface area contributed by atoms with Crippen molar-refractivity contribution in [1.29, 1.82) is 0 Å². The average molecular weight is 362 g/mol. The molecule has 1 amide bonds. The Morgan fingerprint density at radius 3 is 2.58 bits per heavy atom. The molecule has 0 atom stereocenters. The number of anilines is 1. The molecule has 8 nitrogen and oxygen atoms in total. The van der Waals surface area contributed by atoms with Crippen molar-refractivity contribution >= 4 is 17.3 Å². The predicted octanol–water partition coefficient (Wildman–Crippen LogP) is 2.10. The Balaban J connectivity index is 1.52. The van der Waals surface area contributed by atoms with E-state index in [2.05, 4.69) is 15.1 Å². The molecule has 1 heterocycles. The van der Waals surface area contributed by atoms with Crippen molar-refractivity contribution in [2.45, 2.75) is 31.7 Å². The molecule has 0 radical (unpaired) electrons. The van der Waals surface area contributed by atoms with Gasteiger partial charge in [0.2, 0.25) is 5.91 Å². The lowest BCUT2D eigenvalue weighted by Crippen LogP contribution is -2.51. The molecule has 0 unspecified atom stereocenters. The van der Waals surface area contributed by atoms with Gasteiger partial charge in [-0.05, 0) is 25.0 Å². The van der Waals surface area contributed by atoms with Crippen molar-refractivity contribution in [1.82, 2.24) is 9.80 Å². The number of hydrogen-bond donors (Lipinski definition) is 1. The second kappa shape index (κ2) is 8.46. The zero-order valence-corrected chi connectivity index (χ0v) is 15.1. The first kappa shape index (κ1) is 18.6. The first-order chi connectivity index (χ1) is 12.6. The predicted molar refractivity (Wildman–Crippen MR) is 98.5 cm³/mol. The Bertz CT molecular complexity index is 653. The van der Waals surface area contributed by atoms with E-state index in [1.165, 1.54) is 44.9 Å². The quantitative estimate of drug-likeness (QED) is 0.616. The third-order valence-electron chi connectivity index (χ3n) is 5.29. The van der Waals surface area contributed by atoms with Crippen molar-refractivity contribution in [3.8, 4) is 5.75 Å². The second-order valence-electron chi connectivity index (χ2n) is 6.94. The maximum atomic E-state index is 12.3. The number of rotatable bonds is 6. The lowest BCUT2D eigenvalue weighted by Gasteiger charge is -2.37. The molecule has 1 N–H and O–H groups in total. The molecule has 1 aliphatic heterocycles. The third kappa shape index (κ3) is 4.50. The summed E-state index contributed by atoms with van der Waals surface area (Å²) < 4.78 is 5.01. The molecule has 0 bridgehead atoms. The fourth-order valence-electron chi connectivity index (χ4n) is 3.84. The van der Waals surface area contributed by atoms with Gasteiger partial charge >= 0.3 is 0 Å². The first-order valence-electron chi connectivity index (χ1n) is 9.15. The highest BCUT2D eigenvalue weighted by Gasteiger charge is 2.27. The highest BCUT2D eigenvalue weighted by Crippen LogP contribution is 2.29. The normalized spacial score (nSPS) is 19.4. The summed E-state index contributed by atoms with van der Waals surface area (Å²) in [6.07, 6.45) is 5.24. The van der Waals surface area contributed by atoms with Crippen LogP contribution in [0, 0.1) is 10.1 Å². The fraction of sp³-hybridized carbons (Fsp3) is 0.611. The Labute approximate surface area is 153 Å². The Kier molecular flexibility index (Phi) is 6.05. The van der Waals surface area contributed by atoms with E-state index in [4.69, 9.17) is 4.74 Å². The minimum atomic E-state index is -0.515. The van der Waals surface area contributed by atoms with Gasteiger partial charge in [0.15, 0.2) is 0 Å². The summed E-state index contributed by atoms with van der Waals surface area (Å²) in [4.78, 5) is 27.7. The number of benzene rings is 1. The third-order valence-corrected chi connectivity index (χ3v) is 5.29. The number of nitro groups is 1. The molecule has 1 aromatic carbocycles. The molecular formula is C18H26N4O4. The van der Waals surface area contributed by atoms with Gasteiger partial charge in [0.1, 0.15) is 11.4 Å². The zero-order chi connectivity index (χ0) is 18.5. The molecule has 142 valence electrons. The van der Waals surface area contributed by atoms with E-state index in [0.29, 0.717) is 11.8 Å². The number of nitro benzene ring substituents is 1. The van der Waals surface area contributed by atoms with Crippen LogP contribution in [-0.2, 0) is 4.79 Å². The van der Waals surface area contributed by atoms with Crippen LogP contribution in [0.15, 0.2) is 18.2 Å². The number of carbonyl (C=O) groups is 1. The lowest BCUT2D eigenvalue weighted by molar-refractivity contribution is -0.384. The van der Waals surface area contributed by atoms with Gasteiger partial charge in [-0.3, -0.25) is 24.7 Å². The van der Waals surface area contributed by atoms with Crippen LogP contribution < -0.4 is 10.1 Å². The van der Waals surface area contributed by atoms with Gasteiger partial charge in [-0.1, -0.05) is 12.8 Å². The van der Waals surface area contributed by atoms with Gasteiger partial charge < -0.3 is 10.1 Å². The van der Waals surface area contributed by atoms with Crippen LogP contribution in [0.5, 0.6) is 5.75 Å². The summed E-state index contributed by atoms with van der Waals surface area (Å²) in [6, 6.07) is 5.14. The number of nitrogens with zero attached hydrogens (tertiary/aromatic N) is 3. The van der Waals surface area contributed by atoms with Crippen LogP contribution in [0.4, 0.5) is 11.4 Å². The van der Waals surface area contributed by atoms with Crippen molar-refractivity contribution < 1.29 is 14.5 Å². The van der Waals surface area contributed by atoms with Crippen LogP contribution in [0.25, 0.3) is 0 Å². The number of amides is 1. The molecule has 1 saturated carbocycles. The van der Waals surface area contributed by atoms with Crippen LogP contribution in [-0.4, -0.2) is 66.5 Å². The van der Waals surface area contributed by atoms with Crippen molar-refractivity contribution in [2.75, 3.05) is 45.2 Å². The van der Waals surface area contributed by atoms with Crippen molar-refractivity contribution in [3.63, 3.8) is 0 Å². The molecule has 3 rings (SSSR count). The minimum Gasteiger partial charge on any atom is -0.496 e. The maximum Gasteiger partial charge on any atom is 0.296 e. The zero-order valence-electron chi connectivity index (χ0n) is 15.1. The first-order valence-corrected chi connectivity index (χ1v) is 9.15. The average Bonchev–Trinajstić information content (AvgIpc) is 3.17. The van der Waals surface area contributed by atoms with Gasteiger partial charge in [-0.15, -0.1) is 0 Å². The molecule has 1 aromatic rings. The van der Waals surface area contributed by atoms with E-state index in [-0.39, 0.29) is 23.8 Å².